The zero-order valence-electron chi connectivity index (χ0n) is 11.1. The first kappa shape index (κ1) is 14.8. The molecule has 0 saturated heterocycles. The van der Waals surface area contributed by atoms with Crippen LogP contribution in [0.15, 0.2) is 12.1 Å². The van der Waals surface area contributed by atoms with Crippen molar-refractivity contribution in [2.75, 3.05) is 18.5 Å². The summed E-state index contributed by atoms with van der Waals surface area (Å²) >= 11 is 1.64. The molecule has 0 aromatic heterocycles. The minimum atomic E-state index is -0.511. The maximum Gasteiger partial charge on any atom is 0.254 e. The molecular weight excluding hydrogens is 251 g/mol. The molecule has 0 bridgehead atoms. The van der Waals surface area contributed by atoms with Crippen LogP contribution in [0.4, 0.5) is 10.1 Å². The van der Waals surface area contributed by atoms with Gasteiger partial charge in [-0.25, -0.2) is 4.39 Å². The van der Waals surface area contributed by atoms with Crippen LogP contribution in [0.3, 0.4) is 0 Å². The van der Waals surface area contributed by atoms with Crippen molar-refractivity contribution in [1.29, 1.82) is 0 Å². The van der Waals surface area contributed by atoms with Crippen molar-refractivity contribution >= 4 is 23.4 Å². The maximum absolute atomic E-state index is 13.8. The summed E-state index contributed by atoms with van der Waals surface area (Å²) in [7, 11) is 0. The second-order valence-electron chi connectivity index (χ2n) is 4.85. The third-order valence-corrected chi connectivity index (χ3v) is 4.00. The minimum absolute atomic E-state index is 0.00408. The lowest BCUT2D eigenvalue weighted by atomic mass is 10.1. The molecule has 0 fully saturated rings. The fourth-order valence-corrected chi connectivity index (χ4v) is 1.64. The van der Waals surface area contributed by atoms with Crippen LogP contribution in [-0.2, 0) is 0 Å². The summed E-state index contributed by atoms with van der Waals surface area (Å²) in [6, 6.07) is 2.88. The Hall–Kier alpha value is -1.23. The lowest BCUT2D eigenvalue weighted by Gasteiger charge is -2.22. The fourth-order valence-electron chi connectivity index (χ4n) is 1.42. The van der Waals surface area contributed by atoms with Crippen molar-refractivity contribution in [2.45, 2.75) is 25.5 Å². The Kier molecular flexibility index (Phi) is 4.62. The Bertz CT molecular complexity index is 461. The second kappa shape index (κ2) is 5.61. The molecule has 5 heteroatoms. The third-order valence-electron chi connectivity index (χ3n) is 2.75. The highest BCUT2D eigenvalue weighted by molar-refractivity contribution is 7.99. The number of hydrogen-bond donors (Lipinski definition) is 2. The van der Waals surface area contributed by atoms with Gasteiger partial charge < -0.3 is 11.1 Å². The van der Waals surface area contributed by atoms with E-state index in [1.165, 1.54) is 12.1 Å². The second-order valence-corrected chi connectivity index (χ2v) is 6.36. The molecule has 0 spiro atoms. The van der Waals surface area contributed by atoms with Crippen LogP contribution in [-0.4, -0.2) is 23.5 Å². The van der Waals surface area contributed by atoms with Crippen LogP contribution in [0.25, 0.3) is 0 Å². The Morgan fingerprint density at radius 2 is 2.11 bits per heavy atom. The SMILES string of the molecule is CSC(C)(C)CNC(=O)c1cc(N)cc(C)c1F. The number of aryl methyl sites for hydroxylation is 1. The predicted octanol–water partition coefficient (Wildman–Crippen LogP) is 2.59. The molecule has 0 aliphatic heterocycles. The van der Waals surface area contributed by atoms with Crippen LogP contribution in [0.1, 0.15) is 29.8 Å². The van der Waals surface area contributed by atoms with E-state index in [0.717, 1.165) is 0 Å². The van der Waals surface area contributed by atoms with E-state index in [4.69, 9.17) is 5.73 Å². The van der Waals surface area contributed by atoms with Gasteiger partial charge in [-0.1, -0.05) is 0 Å². The normalized spacial score (nSPS) is 11.4. The van der Waals surface area contributed by atoms with Crippen molar-refractivity contribution < 1.29 is 9.18 Å². The van der Waals surface area contributed by atoms with Crippen molar-refractivity contribution in [2.24, 2.45) is 0 Å². The van der Waals surface area contributed by atoms with Gasteiger partial charge in [0.15, 0.2) is 0 Å². The molecule has 3 nitrogen and oxygen atoms in total. The predicted molar refractivity (Wildman–Crippen MR) is 75.5 cm³/mol. The number of amides is 1. The Labute approximate surface area is 111 Å². The van der Waals surface area contributed by atoms with Gasteiger partial charge in [0.1, 0.15) is 5.82 Å². The lowest BCUT2D eigenvalue weighted by Crippen LogP contribution is -2.36. The first-order valence-corrected chi connectivity index (χ1v) is 6.88. The Morgan fingerprint density at radius 3 is 2.67 bits per heavy atom. The highest BCUT2D eigenvalue weighted by Crippen LogP contribution is 2.21. The number of nitrogens with two attached hydrogens (primary N) is 1. The molecule has 3 N–H and O–H groups in total. The lowest BCUT2D eigenvalue weighted by molar-refractivity contribution is 0.0946. The Morgan fingerprint density at radius 1 is 1.50 bits per heavy atom. The summed E-state index contributed by atoms with van der Waals surface area (Å²) in [4.78, 5) is 11.9. The van der Waals surface area contributed by atoms with E-state index in [1.807, 2.05) is 20.1 Å². The van der Waals surface area contributed by atoms with E-state index >= 15 is 0 Å². The summed E-state index contributed by atoms with van der Waals surface area (Å²) in [6.07, 6.45) is 1.97. The van der Waals surface area contributed by atoms with Crippen LogP contribution in [0.2, 0.25) is 0 Å². The van der Waals surface area contributed by atoms with Crippen molar-refractivity contribution in [3.05, 3.63) is 29.1 Å². The van der Waals surface area contributed by atoms with E-state index in [1.54, 1.807) is 18.7 Å². The average molecular weight is 270 g/mol. The van der Waals surface area contributed by atoms with Gasteiger partial charge in [0.25, 0.3) is 5.91 Å². The zero-order valence-corrected chi connectivity index (χ0v) is 12.0. The molecule has 0 aliphatic carbocycles. The largest absolute Gasteiger partial charge is 0.399 e. The minimum Gasteiger partial charge on any atom is -0.399 e. The molecular formula is C13H19FN2OS. The monoisotopic (exact) mass is 270 g/mol. The van der Waals surface area contributed by atoms with Gasteiger partial charge in [0.2, 0.25) is 0 Å². The number of anilines is 1. The molecule has 0 atom stereocenters. The quantitative estimate of drug-likeness (QED) is 0.827. The first-order valence-electron chi connectivity index (χ1n) is 5.66. The summed E-state index contributed by atoms with van der Waals surface area (Å²) in [6.45, 7) is 6.09. The van der Waals surface area contributed by atoms with Crippen LogP contribution in [0.5, 0.6) is 0 Å². The summed E-state index contributed by atoms with van der Waals surface area (Å²) in [5.41, 5.74) is 6.40. The van der Waals surface area contributed by atoms with E-state index in [9.17, 15) is 9.18 Å². The van der Waals surface area contributed by atoms with Crippen LogP contribution >= 0.6 is 11.8 Å². The fraction of sp³-hybridized carbons (Fsp3) is 0.462. The van der Waals surface area contributed by atoms with E-state index < -0.39 is 11.7 Å². The van der Waals surface area contributed by atoms with Crippen molar-refractivity contribution in [3.8, 4) is 0 Å². The van der Waals surface area contributed by atoms with Gasteiger partial charge in [-0.3, -0.25) is 4.79 Å². The highest BCUT2D eigenvalue weighted by Gasteiger charge is 2.20. The number of hydrogen-bond acceptors (Lipinski definition) is 3. The van der Waals surface area contributed by atoms with Crippen molar-refractivity contribution in [3.63, 3.8) is 0 Å². The average Bonchev–Trinajstić information content (AvgIpc) is 2.31. The maximum atomic E-state index is 13.8. The number of benzene rings is 1. The molecule has 1 rings (SSSR count). The molecule has 0 heterocycles. The van der Waals surface area contributed by atoms with Gasteiger partial charge >= 0.3 is 0 Å². The smallest absolute Gasteiger partial charge is 0.254 e. The topological polar surface area (TPSA) is 55.1 Å². The molecule has 0 aliphatic rings. The van der Waals surface area contributed by atoms with E-state index in [2.05, 4.69) is 5.32 Å². The third kappa shape index (κ3) is 3.63. The summed E-state index contributed by atoms with van der Waals surface area (Å²) in [5.74, 6) is -0.936. The first-order chi connectivity index (χ1) is 8.26. The van der Waals surface area contributed by atoms with Gasteiger partial charge in [-0.05, 0) is 44.7 Å². The van der Waals surface area contributed by atoms with Gasteiger partial charge in [-0.15, -0.1) is 0 Å². The molecule has 1 aromatic carbocycles. The Balaban J connectivity index is 2.85. The molecule has 1 aromatic rings. The van der Waals surface area contributed by atoms with Gasteiger partial charge in [0.05, 0.1) is 5.56 Å². The molecule has 0 unspecified atom stereocenters. The molecule has 0 radical (unpaired) electrons. The molecule has 100 valence electrons. The molecule has 1 amide bonds. The van der Waals surface area contributed by atoms with E-state index in [0.29, 0.717) is 17.8 Å². The molecule has 18 heavy (non-hydrogen) atoms. The summed E-state index contributed by atoms with van der Waals surface area (Å²) < 4.78 is 13.7. The zero-order chi connectivity index (χ0) is 13.9. The number of halogens is 1. The number of nitrogen functional groups attached to an aromatic ring is 1. The van der Waals surface area contributed by atoms with Crippen LogP contribution < -0.4 is 11.1 Å². The summed E-state index contributed by atoms with van der Waals surface area (Å²) in [5, 5.41) is 2.73. The number of nitrogens with one attached hydrogen (secondary N) is 1. The van der Waals surface area contributed by atoms with Crippen LogP contribution in [0, 0.1) is 12.7 Å². The number of carbonyl (C=O) groups excluding carboxylic acids is 1. The molecule has 0 saturated carbocycles. The van der Waals surface area contributed by atoms with Gasteiger partial charge in [-0.2, -0.15) is 11.8 Å². The standard InChI is InChI=1S/C13H19FN2OS/c1-8-5-9(15)6-10(11(8)14)12(17)16-7-13(2,3)18-4/h5-6H,7,15H2,1-4H3,(H,16,17). The van der Waals surface area contributed by atoms with Crippen molar-refractivity contribution in [1.82, 2.24) is 5.32 Å². The number of thioether (sulfide) groups is 1. The highest BCUT2D eigenvalue weighted by atomic mass is 32.2. The van der Waals surface area contributed by atoms with Gasteiger partial charge in [0, 0.05) is 17.0 Å². The number of carbonyl (C=O) groups is 1. The number of rotatable bonds is 4. The van der Waals surface area contributed by atoms with E-state index in [-0.39, 0.29) is 10.3 Å².